The van der Waals surface area contributed by atoms with Crippen molar-refractivity contribution in [3.05, 3.63) is 52.6 Å². The van der Waals surface area contributed by atoms with E-state index in [1.54, 1.807) is 7.11 Å². The van der Waals surface area contributed by atoms with Crippen LogP contribution < -0.4 is 14.2 Å². The van der Waals surface area contributed by atoms with Gasteiger partial charge in [-0.1, -0.05) is 35.0 Å². The number of ether oxygens (including phenoxy) is 3. The maximum absolute atomic E-state index is 9.81. The molecule has 174 valence electrons. The maximum Gasteiger partial charge on any atom is 0.231 e. The molecule has 0 fully saturated rings. The molecule has 0 saturated heterocycles. The molecule has 0 saturated carbocycles. The van der Waals surface area contributed by atoms with Crippen LogP contribution in [0.5, 0.6) is 17.2 Å². The summed E-state index contributed by atoms with van der Waals surface area (Å²) in [7, 11) is 3.74. The van der Waals surface area contributed by atoms with E-state index < -0.39 is 0 Å². The molecule has 0 unspecified atom stereocenters. The largest absolute Gasteiger partial charge is 0.492 e. The lowest BCUT2D eigenvalue weighted by Gasteiger charge is -2.36. The highest BCUT2D eigenvalue weighted by atomic mass is 16.7. The minimum Gasteiger partial charge on any atom is -0.492 e. The average molecular weight is 441 g/mol. The van der Waals surface area contributed by atoms with Gasteiger partial charge in [0, 0.05) is 24.6 Å². The van der Waals surface area contributed by atoms with Gasteiger partial charge in [-0.3, -0.25) is 4.90 Å². The lowest BCUT2D eigenvalue weighted by molar-refractivity contribution is 0.170. The van der Waals surface area contributed by atoms with Crippen molar-refractivity contribution in [3.63, 3.8) is 0 Å². The molecule has 0 aliphatic carbocycles. The summed E-state index contributed by atoms with van der Waals surface area (Å²) in [6, 6.07) is 2.05. The second-order valence-corrected chi connectivity index (χ2v) is 8.89. The van der Waals surface area contributed by atoms with Gasteiger partial charge < -0.3 is 19.4 Å². The first-order chi connectivity index (χ1) is 15.3. The van der Waals surface area contributed by atoms with E-state index in [9.17, 15) is 5.21 Å². The molecule has 32 heavy (non-hydrogen) atoms. The molecule has 0 amide bonds. The number of likely N-dealkylation sites (N-methyl/N-ethyl adjacent to an activating group) is 1. The summed E-state index contributed by atoms with van der Waals surface area (Å²) in [6.07, 6.45) is 8.60. The Morgan fingerprint density at radius 2 is 2.09 bits per heavy atom. The van der Waals surface area contributed by atoms with E-state index in [-0.39, 0.29) is 12.8 Å². The number of oxime groups is 1. The highest BCUT2D eigenvalue weighted by molar-refractivity contribution is 6.00. The van der Waals surface area contributed by atoms with Crippen LogP contribution in [-0.2, 0) is 6.42 Å². The predicted octanol–water partition coefficient (Wildman–Crippen LogP) is 5.81. The van der Waals surface area contributed by atoms with Gasteiger partial charge in [0.05, 0.1) is 12.8 Å². The van der Waals surface area contributed by atoms with E-state index in [1.165, 1.54) is 16.7 Å². The van der Waals surface area contributed by atoms with Gasteiger partial charge in [0.2, 0.25) is 12.5 Å². The first kappa shape index (κ1) is 23.9. The lowest BCUT2D eigenvalue weighted by Crippen LogP contribution is -2.34. The molecule has 0 spiro atoms. The van der Waals surface area contributed by atoms with Crippen LogP contribution in [0.2, 0.25) is 0 Å². The number of nitrogens with zero attached hydrogens (tertiary/aromatic N) is 2. The van der Waals surface area contributed by atoms with Crippen molar-refractivity contribution in [3.8, 4) is 17.2 Å². The Morgan fingerprint density at radius 3 is 2.78 bits per heavy atom. The Balaban J connectivity index is 1.77. The third-order valence-corrected chi connectivity index (χ3v) is 6.25. The minimum absolute atomic E-state index is 0.00593. The van der Waals surface area contributed by atoms with Gasteiger partial charge >= 0.3 is 0 Å². The maximum atomic E-state index is 9.81. The first-order valence-corrected chi connectivity index (χ1v) is 11.2. The molecule has 2 aliphatic rings. The summed E-state index contributed by atoms with van der Waals surface area (Å²) in [5.41, 5.74) is 6.36. The molecule has 1 aromatic rings. The van der Waals surface area contributed by atoms with Crippen molar-refractivity contribution < 1.29 is 19.4 Å². The van der Waals surface area contributed by atoms with E-state index in [0.29, 0.717) is 30.1 Å². The molecule has 2 aliphatic heterocycles. The summed E-state index contributed by atoms with van der Waals surface area (Å²) >= 11 is 0. The van der Waals surface area contributed by atoms with Crippen molar-refractivity contribution in [1.29, 1.82) is 0 Å². The number of hydrogen-bond donors (Lipinski definition) is 1. The summed E-state index contributed by atoms with van der Waals surface area (Å²) < 4.78 is 17.1. The Labute approximate surface area is 191 Å². The fourth-order valence-corrected chi connectivity index (χ4v) is 4.33. The number of allylic oxidation sites excluding steroid dienone is 5. The molecular weight excluding hydrogens is 404 g/mol. The van der Waals surface area contributed by atoms with Gasteiger partial charge in [-0.05, 0) is 70.7 Å². The summed E-state index contributed by atoms with van der Waals surface area (Å²) in [4.78, 5) is 2.27. The predicted molar refractivity (Wildman–Crippen MR) is 128 cm³/mol. The smallest absolute Gasteiger partial charge is 0.231 e. The molecule has 2 heterocycles. The minimum atomic E-state index is -0.00593. The zero-order valence-corrected chi connectivity index (χ0v) is 20.0. The van der Waals surface area contributed by atoms with Crippen molar-refractivity contribution in [2.45, 2.75) is 58.9 Å². The zero-order chi connectivity index (χ0) is 23.3. The molecule has 1 aromatic carbocycles. The van der Waals surface area contributed by atoms with Crippen LogP contribution in [-0.4, -0.2) is 43.3 Å². The van der Waals surface area contributed by atoms with Crippen molar-refractivity contribution >= 4 is 5.71 Å². The van der Waals surface area contributed by atoms with E-state index in [2.05, 4.69) is 62.7 Å². The van der Waals surface area contributed by atoms with Crippen LogP contribution in [0.4, 0.5) is 0 Å². The van der Waals surface area contributed by atoms with Gasteiger partial charge in [0.25, 0.3) is 0 Å². The standard InChI is InChI=1S/C26H36N2O4/c1-17(2)8-7-9-18(3)10-11-19(4)21(27-29)15-22-24-20(12-13-28(22)5)14-23-25(26(24)30-6)32-16-31-23/h8,10,14,22,29H,4,7,9,11-13,15-16H2,1-3,5-6H3/t22-/m0/s1. The Morgan fingerprint density at radius 1 is 1.31 bits per heavy atom. The first-order valence-electron chi connectivity index (χ1n) is 11.2. The van der Waals surface area contributed by atoms with E-state index in [4.69, 9.17) is 14.2 Å². The van der Waals surface area contributed by atoms with E-state index in [0.717, 1.165) is 42.7 Å². The second-order valence-electron chi connectivity index (χ2n) is 8.89. The Kier molecular flexibility index (Phi) is 8.02. The molecular formula is C26H36N2O4. The van der Waals surface area contributed by atoms with Gasteiger partial charge in [-0.15, -0.1) is 0 Å². The van der Waals surface area contributed by atoms with Gasteiger partial charge in [0.15, 0.2) is 11.5 Å². The van der Waals surface area contributed by atoms with Crippen molar-refractivity contribution in [1.82, 2.24) is 4.90 Å². The van der Waals surface area contributed by atoms with Crippen molar-refractivity contribution in [2.75, 3.05) is 27.5 Å². The van der Waals surface area contributed by atoms with Crippen LogP contribution >= 0.6 is 0 Å². The monoisotopic (exact) mass is 440 g/mol. The van der Waals surface area contributed by atoms with Gasteiger partial charge in [0.1, 0.15) is 0 Å². The molecule has 1 N–H and O–H groups in total. The zero-order valence-electron chi connectivity index (χ0n) is 20.0. The SMILES string of the molecule is C=C(CC=C(C)CCC=C(C)C)C(C[C@H]1c2c(cc3c(c2OC)OCO3)CCN1C)=NO. The molecule has 3 rings (SSSR count). The van der Waals surface area contributed by atoms with Crippen LogP contribution in [0.3, 0.4) is 0 Å². The van der Waals surface area contributed by atoms with Crippen LogP contribution in [0.1, 0.15) is 63.6 Å². The molecule has 6 heteroatoms. The third-order valence-electron chi connectivity index (χ3n) is 6.25. The van der Waals surface area contributed by atoms with Gasteiger partial charge in [-0.2, -0.15) is 0 Å². The number of fused-ring (bicyclic) bond motifs is 2. The quantitative estimate of drug-likeness (QED) is 0.227. The summed E-state index contributed by atoms with van der Waals surface area (Å²) in [5.74, 6) is 2.10. The van der Waals surface area contributed by atoms with Crippen LogP contribution in [0, 0.1) is 0 Å². The van der Waals surface area contributed by atoms with E-state index in [1.807, 2.05) is 0 Å². The fraction of sp³-hybridized carbons (Fsp3) is 0.500. The fourth-order valence-electron chi connectivity index (χ4n) is 4.33. The topological polar surface area (TPSA) is 63.5 Å². The number of methoxy groups -OCH3 is 1. The van der Waals surface area contributed by atoms with Crippen molar-refractivity contribution in [2.24, 2.45) is 5.16 Å². The number of hydrogen-bond acceptors (Lipinski definition) is 6. The highest BCUT2D eigenvalue weighted by Crippen LogP contribution is 2.50. The van der Waals surface area contributed by atoms with Crippen LogP contribution in [0.15, 0.2) is 46.7 Å². The van der Waals surface area contributed by atoms with E-state index >= 15 is 0 Å². The number of rotatable bonds is 9. The molecule has 0 bridgehead atoms. The molecule has 6 nitrogen and oxygen atoms in total. The second kappa shape index (κ2) is 10.7. The Hall–Kier alpha value is -2.73. The normalized spacial score (nSPS) is 18.3. The van der Waals surface area contributed by atoms with Crippen LogP contribution in [0.25, 0.3) is 0 Å². The highest BCUT2D eigenvalue weighted by Gasteiger charge is 2.34. The number of benzene rings is 1. The molecule has 1 atom stereocenters. The molecule has 0 aromatic heterocycles. The summed E-state index contributed by atoms with van der Waals surface area (Å²) in [6.45, 7) is 11.7. The average Bonchev–Trinajstić information content (AvgIpc) is 3.23. The Bertz CT molecular complexity index is 942. The molecule has 0 radical (unpaired) electrons. The lowest BCUT2D eigenvalue weighted by atomic mass is 9.87. The third kappa shape index (κ3) is 5.36. The van der Waals surface area contributed by atoms with Gasteiger partial charge in [-0.25, -0.2) is 0 Å². The summed E-state index contributed by atoms with van der Waals surface area (Å²) in [5, 5.41) is 13.5.